The van der Waals surface area contributed by atoms with Crippen molar-refractivity contribution < 1.29 is 22.7 Å². The maximum atomic E-state index is 12.8. The summed E-state index contributed by atoms with van der Waals surface area (Å²) in [6.45, 7) is 0.213. The zero-order valence-corrected chi connectivity index (χ0v) is 11.1. The highest BCUT2D eigenvalue weighted by atomic mass is 19.4. The van der Waals surface area contributed by atoms with Gasteiger partial charge in [-0.05, 0) is 24.1 Å². The normalized spacial score (nSPS) is 11.4. The topological polar surface area (TPSA) is 64.3 Å². The van der Waals surface area contributed by atoms with Crippen molar-refractivity contribution in [2.75, 3.05) is 19.0 Å². The molecule has 0 aliphatic rings. The monoisotopic (exact) mass is 290 g/mol. The van der Waals surface area contributed by atoms with Crippen LogP contribution in [0, 0.1) is 0 Å². The second-order valence-corrected chi connectivity index (χ2v) is 4.22. The van der Waals surface area contributed by atoms with E-state index in [0.29, 0.717) is 13.0 Å². The van der Waals surface area contributed by atoms with Gasteiger partial charge in [0, 0.05) is 32.4 Å². The number of nitrogens with one attached hydrogen (secondary N) is 1. The van der Waals surface area contributed by atoms with E-state index in [4.69, 9.17) is 10.5 Å². The fourth-order valence-corrected chi connectivity index (χ4v) is 1.70. The molecular weight excluding hydrogens is 273 g/mol. The Hall–Kier alpha value is -1.60. The number of halogens is 3. The molecule has 1 amide bonds. The summed E-state index contributed by atoms with van der Waals surface area (Å²) in [5.41, 5.74) is 4.56. The van der Waals surface area contributed by atoms with Crippen LogP contribution < -0.4 is 11.1 Å². The lowest BCUT2D eigenvalue weighted by Gasteiger charge is -2.14. The van der Waals surface area contributed by atoms with Gasteiger partial charge in [0.2, 0.25) is 5.91 Å². The molecule has 0 aromatic heterocycles. The van der Waals surface area contributed by atoms with Crippen molar-refractivity contribution in [2.24, 2.45) is 5.73 Å². The number of nitrogens with two attached hydrogens (primary N) is 1. The highest BCUT2D eigenvalue weighted by molar-refractivity contribution is 5.90. The van der Waals surface area contributed by atoms with E-state index in [1.54, 1.807) is 0 Å². The summed E-state index contributed by atoms with van der Waals surface area (Å²) in [6, 6.07) is 3.58. The van der Waals surface area contributed by atoms with Gasteiger partial charge in [0.15, 0.2) is 0 Å². The van der Waals surface area contributed by atoms with Crippen LogP contribution in [0.4, 0.5) is 18.9 Å². The molecule has 0 bridgehead atoms. The molecule has 7 heteroatoms. The van der Waals surface area contributed by atoms with Crippen molar-refractivity contribution in [1.29, 1.82) is 0 Å². The third-order valence-corrected chi connectivity index (χ3v) is 2.67. The van der Waals surface area contributed by atoms with E-state index in [0.717, 1.165) is 6.07 Å². The maximum Gasteiger partial charge on any atom is 0.416 e. The molecule has 0 aliphatic heterocycles. The summed E-state index contributed by atoms with van der Waals surface area (Å²) >= 11 is 0. The highest BCUT2D eigenvalue weighted by Crippen LogP contribution is 2.33. The zero-order valence-electron chi connectivity index (χ0n) is 11.1. The minimum atomic E-state index is -4.49. The molecule has 4 nitrogen and oxygen atoms in total. The van der Waals surface area contributed by atoms with Gasteiger partial charge in [-0.1, -0.05) is 6.07 Å². The lowest BCUT2D eigenvalue weighted by atomic mass is 10.1. The van der Waals surface area contributed by atoms with E-state index in [1.165, 1.54) is 19.2 Å². The Labute approximate surface area is 115 Å². The summed E-state index contributed by atoms with van der Waals surface area (Å²) in [6.07, 6.45) is -3.80. The van der Waals surface area contributed by atoms with E-state index < -0.39 is 11.7 Å². The lowest BCUT2D eigenvalue weighted by molar-refractivity contribution is -0.138. The number of hydrogen-bond acceptors (Lipinski definition) is 3. The van der Waals surface area contributed by atoms with E-state index in [-0.39, 0.29) is 30.1 Å². The van der Waals surface area contributed by atoms with Gasteiger partial charge in [-0.2, -0.15) is 13.2 Å². The zero-order chi connectivity index (χ0) is 15.2. The first-order chi connectivity index (χ1) is 9.38. The minimum Gasteiger partial charge on any atom is -0.385 e. The number of amides is 1. The number of benzene rings is 1. The molecule has 0 saturated heterocycles. The number of methoxy groups -OCH3 is 1. The fraction of sp³-hybridized carbons (Fsp3) is 0.462. The Kier molecular flexibility index (Phi) is 5.97. The van der Waals surface area contributed by atoms with Crippen molar-refractivity contribution in [3.8, 4) is 0 Å². The molecule has 20 heavy (non-hydrogen) atoms. The average molecular weight is 290 g/mol. The van der Waals surface area contributed by atoms with Gasteiger partial charge in [0.25, 0.3) is 0 Å². The van der Waals surface area contributed by atoms with Crippen LogP contribution in [-0.4, -0.2) is 19.6 Å². The summed E-state index contributed by atoms with van der Waals surface area (Å²) in [7, 11) is 1.51. The van der Waals surface area contributed by atoms with Gasteiger partial charge in [-0.3, -0.25) is 4.79 Å². The van der Waals surface area contributed by atoms with E-state index in [9.17, 15) is 18.0 Å². The molecule has 0 fully saturated rings. The molecule has 0 aliphatic carbocycles. The fourth-order valence-electron chi connectivity index (χ4n) is 1.70. The molecule has 1 rings (SSSR count). The van der Waals surface area contributed by atoms with Crippen molar-refractivity contribution in [1.82, 2.24) is 0 Å². The van der Waals surface area contributed by atoms with E-state index in [1.807, 2.05) is 0 Å². The number of rotatable bonds is 6. The van der Waals surface area contributed by atoms with Gasteiger partial charge in [-0.15, -0.1) is 0 Å². The van der Waals surface area contributed by atoms with Crippen LogP contribution in [0.15, 0.2) is 18.2 Å². The molecule has 0 saturated carbocycles. The smallest absolute Gasteiger partial charge is 0.385 e. The van der Waals surface area contributed by atoms with Crippen LogP contribution in [0.3, 0.4) is 0 Å². The molecule has 0 unspecified atom stereocenters. The molecule has 0 spiro atoms. The van der Waals surface area contributed by atoms with Gasteiger partial charge in [0.1, 0.15) is 0 Å². The minimum absolute atomic E-state index is 0.00474. The molecule has 112 valence electrons. The largest absolute Gasteiger partial charge is 0.416 e. The first-order valence-corrected chi connectivity index (χ1v) is 6.07. The summed E-state index contributed by atoms with van der Waals surface area (Å²) in [5, 5.41) is 2.43. The SMILES string of the molecule is COCCCC(=O)Nc1ccc(CN)c(C(F)(F)F)c1. The molecule has 1 aromatic rings. The number of carbonyl (C=O) groups is 1. The summed E-state index contributed by atoms with van der Waals surface area (Å²) in [5.74, 6) is -0.351. The third-order valence-electron chi connectivity index (χ3n) is 2.67. The summed E-state index contributed by atoms with van der Waals surface area (Å²) in [4.78, 5) is 11.5. The van der Waals surface area contributed by atoms with Crippen LogP contribution >= 0.6 is 0 Å². The van der Waals surface area contributed by atoms with Crippen molar-refractivity contribution >= 4 is 11.6 Å². The van der Waals surface area contributed by atoms with Crippen molar-refractivity contribution in [3.63, 3.8) is 0 Å². The predicted octanol–water partition coefficient (Wildman–Crippen LogP) is 2.53. The van der Waals surface area contributed by atoms with Gasteiger partial charge in [0.05, 0.1) is 5.56 Å². The average Bonchev–Trinajstić information content (AvgIpc) is 2.38. The number of anilines is 1. The van der Waals surface area contributed by atoms with E-state index in [2.05, 4.69) is 5.32 Å². The van der Waals surface area contributed by atoms with E-state index >= 15 is 0 Å². The Morgan fingerprint density at radius 1 is 1.40 bits per heavy atom. The highest BCUT2D eigenvalue weighted by Gasteiger charge is 2.33. The summed E-state index contributed by atoms with van der Waals surface area (Å²) < 4.78 is 43.2. The first kappa shape index (κ1) is 16.5. The number of ether oxygens (including phenoxy) is 1. The Morgan fingerprint density at radius 3 is 2.65 bits per heavy atom. The second kappa shape index (κ2) is 7.25. The molecule has 3 N–H and O–H groups in total. The molecule has 0 atom stereocenters. The predicted molar refractivity (Wildman–Crippen MR) is 69.1 cm³/mol. The Bertz CT molecular complexity index is 461. The van der Waals surface area contributed by atoms with Gasteiger partial charge >= 0.3 is 6.18 Å². The molecular formula is C13H17F3N2O2. The number of carbonyl (C=O) groups excluding carboxylic acids is 1. The molecule has 0 heterocycles. The number of alkyl halides is 3. The molecule has 0 radical (unpaired) electrons. The van der Waals surface area contributed by atoms with Crippen LogP contribution in [-0.2, 0) is 22.3 Å². The van der Waals surface area contributed by atoms with Gasteiger partial charge in [-0.25, -0.2) is 0 Å². The maximum absolute atomic E-state index is 12.8. The Balaban J connectivity index is 2.79. The first-order valence-electron chi connectivity index (χ1n) is 6.07. The second-order valence-electron chi connectivity index (χ2n) is 4.22. The van der Waals surface area contributed by atoms with Crippen LogP contribution in [0.5, 0.6) is 0 Å². The Morgan fingerprint density at radius 2 is 2.10 bits per heavy atom. The third kappa shape index (κ3) is 4.82. The quantitative estimate of drug-likeness (QED) is 0.791. The lowest BCUT2D eigenvalue weighted by Crippen LogP contribution is -2.15. The molecule has 1 aromatic carbocycles. The van der Waals surface area contributed by atoms with Crippen LogP contribution in [0.1, 0.15) is 24.0 Å². The number of hydrogen-bond donors (Lipinski definition) is 2. The van der Waals surface area contributed by atoms with Crippen LogP contribution in [0.2, 0.25) is 0 Å². The standard InChI is InChI=1S/C13H17F3N2O2/c1-20-6-2-3-12(19)18-10-5-4-9(8-17)11(7-10)13(14,15)16/h4-5,7H,2-3,6,8,17H2,1H3,(H,18,19). The van der Waals surface area contributed by atoms with Crippen molar-refractivity contribution in [2.45, 2.75) is 25.6 Å². The van der Waals surface area contributed by atoms with Crippen LogP contribution in [0.25, 0.3) is 0 Å². The van der Waals surface area contributed by atoms with Crippen molar-refractivity contribution in [3.05, 3.63) is 29.3 Å². The van der Waals surface area contributed by atoms with Gasteiger partial charge < -0.3 is 15.8 Å².